The van der Waals surface area contributed by atoms with Crippen LogP contribution in [0.2, 0.25) is 0 Å². The molecule has 0 radical (unpaired) electrons. The van der Waals surface area contributed by atoms with Crippen LogP contribution in [0.15, 0.2) is 0 Å². The predicted octanol–water partition coefficient (Wildman–Crippen LogP) is 1.70. The summed E-state index contributed by atoms with van der Waals surface area (Å²) in [5.74, 6) is -0.764. The average molecular weight is 360 g/mol. The van der Waals surface area contributed by atoms with E-state index >= 15 is 0 Å². The second kappa shape index (κ2) is 9.32. The number of carbonyl (C=O) groups excluding carboxylic acids is 2. The smallest absolute Gasteiger partial charge is 0.346 e. The summed E-state index contributed by atoms with van der Waals surface area (Å²) in [7, 11) is 0. The maximum absolute atomic E-state index is 12.3. The van der Waals surface area contributed by atoms with Crippen molar-refractivity contribution < 1.29 is 22.8 Å². The molecule has 136 valence electrons. The standard InChI is InChI=1S/C14H24F3N3O2.ClH/c1-9(2)12(18)13(22)19-7-11(21)20(8-10-3-4-10)6-5-14(15,16)17;/h9-10,12H,3-8,18H2,1-2H3,(H,19,22);1H/t12-;/m0./s1. The Balaban J connectivity index is 0.00000484. The van der Waals surface area contributed by atoms with Crippen molar-refractivity contribution in [2.45, 2.75) is 45.3 Å². The number of halogens is 4. The maximum Gasteiger partial charge on any atom is 0.390 e. The van der Waals surface area contributed by atoms with Gasteiger partial charge in [-0.15, -0.1) is 12.4 Å². The van der Waals surface area contributed by atoms with Crippen molar-refractivity contribution in [1.29, 1.82) is 0 Å². The Morgan fingerprint density at radius 2 is 1.87 bits per heavy atom. The minimum atomic E-state index is -4.30. The van der Waals surface area contributed by atoms with Gasteiger partial charge in [0.15, 0.2) is 0 Å². The van der Waals surface area contributed by atoms with Gasteiger partial charge in [-0.25, -0.2) is 0 Å². The van der Waals surface area contributed by atoms with Gasteiger partial charge in [0.05, 0.1) is 19.0 Å². The lowest BCUT2D eigenvalue weighted by atomic mass is 10.1. The van der Waals surface area contributed by atoms with E-state index in [1.807, 2.05) is 0 Å². The minimum Gasteiger partial charge on any atom is -0.346 e. The van der Waals surface area contributed by atoms with E-state index in [1.165, 1.54) is 4.90 Å². The molecule has 0 saturated heterocycles. The van der Waals surface area contributed by atoms with Gasteiger partial charge in [0, 0.05) is 13.1 Å². The van der Waals surface area contributed by atoms with Gasteiger partial charge in [0.1, 0.15) is 0 Å². The number of nitrogens with zero attached hydrogens (tertiary/aromatic N) is 1. The van der Waals surface area contributed by atoms with Gasteiger partial charge in [-0.2, -0.15) is 13.2 Å². The number of nitrogens with one attached hydrogen (secondary N) is 1. The van der Waals surface area contributed by atoms with Crippen LogP contribution in [0, 0.1) is 11.8 Å². The second-order valence-corrected chi connectivity index (χ2v) is 6.14. The first-order chi connectivity index (χ1) is 10.1. The molecule has 1 fully saturated rings. The van der Waals surface area contributed by atoms with Crippen LogP contribution in [0.1, 0.15) is 33.1 Å². The zero-order valence-electron chi connectivity index (χ0n) is 13.4. The highest BCUT2D eigenvalue weighted by Crippen LogP contribution is 2.30. The molecule has 0 aromatic rings. The molecular weight excluding hydrogens is 335 g/mol. The molecule has 0 heterocycles. The van der Waals surface area contributed by atoms with Crippen molar-refractivity contribution in [2.75, 3.05) is 19.6 Å². The molecule has 0 bridgehead atoms. The molecular formula is C14H25ClF3N3O2. The largest absolute Gasteiger partial charge is 0.390 e. The van der Waals surface area contributed by atoms with E-state index in [-0.39, 0.29) is 37.3 Å². The van der Waals surface area contributed by atoms with Gasteiger partial charge in [-0.05, 0) is 24.7 Å². The Labute approximate surface area is 140 Å². The molecule has 1 aliphatic rings. The summed E-state index contributed by atoms with van der Waals surface area (Å²) >= 11 is 0. The third-order valence-corrected chi connectivity index (χ3v) is 3.63. The summed E-state index contributed by atoms with van der Waals surface area (Å²) in [6, 6.07) is -0.736. The number of alkyl halides is 3. The van der Waals surface area contributed by atoms with E-state index in [0.717, 1.165) is 12.8 Å². The Morgan fingerprint density at radius 1 is 1.30 bits per heavy atom. The van der Waals surface area contributed by atoms with Crippen LogP contribution in [0.25, 0.3) is 0 Å². The lowest BCUT2D eigenvalue weighted by Gasteiger charge is -2.24. The van der Waals surface area contributed by atoms with Crippen LogP contribution in [0.3, 0.4) is 0 Å². The molecule has 0 aliphatic heterocycles. The number of hydrogen-bond donors (Lipinski definition) is 2. The fourth-order valence-corrected chi connectivity index (χ4v) is 1.89. The first-order valence-corrected chi connectivity index (χ1v) is 7.48. The van der Waals surface area contributed by atoms with E-state index in [9.17, 15) is 22.8 Å². The highest BCUT2D eigenvalue weighted by molar-refractivity contribution is 5.87. The number of amides is 2. The SMILES string of the molecule is CC(C)[C@H](N)C(=O)NCC(=O)N(CCC(F)(F)F)CC1CC1.Cl. The number of hydrogen-bond acceptors (Lipinski definition) is 3. The predicted molar refractivity (Wildman–Crippen MR) is 83.0 cm³/mol. The first kappa shape index (κ1) is 22.0. The van der Waals surface area contributed by atoms with E-state index in [1.54, 1.807) is 13.8 Å². The lowest BCUT2D eigenvalue weighted by Crippen LogP contribution is -2.48. The molecule has 0 spiro atoms. The molecule has 0 aromatic heterocycles. The monoisotopic (exact) mass is 359 g/mol. The van der Waals surface area contributed by atoms with Crippen molar-refractivity contribution >= 4 is 24.2 Å². The quantitative estimate of drug-likeness (QED) is 0.692. The van der Waals surface area contributed by atoms with Crippen molar-refractivity contribution in [2.24, 2.45) is 17.6 Å². The van der Waals surface area contributed by atoms with Crippen LogP contribution < -0.4 is 11.1 Å². The normalized spacial score (nSPS) is 15.8. The summed E-state index contributed by atoms with van der Waals surface area (Å²) in [4.78, 5) is 24.9. The van der Waals surface area contributed by atoms with E-state index < -0.39 is 30.5 Å². The van der Waals surface area contributed by atoms with Crippen LogP contribution in [-0.4, -0.2) is 48.6 Å². The Morgan fingerprint density at radius 3 is 2.30 bits per heavy atom. The van der Waals surface area contributed by atoms with E-state index in [0.29, 0.717) is 6.54 Å². The molecule has 3 N–H and O–H groups in total. The zero-order valence-corrected chi connectivity index (χ0v) is 14.2. The molecule has 0 unspecified atom stereocenters. The van der Waals surface area contributed by atoms with Crippen LogP contribution in [0.5, 0.6) is 0 Å². The average Bonchev–Trinajstić information content (AvgIpc) is 3.22. The van der Waals surface area contributed by atoms with Crippen molar-refractivity contribution in [1.82, 2.24) is 10.2 Å². The molecule has 1 rings (SSSR count). The summed E-state index contributed by atoms with van der Waals surface area (Å²) in [5, 5.41) is 2.40. The summed E-state index contributed by atoms with van der Waals surface area (Å²) in [6.45, 7) is 3.18. The lowest BCUT2D eigenvalue weighted by molar-refractivity contribution is -0.146. The third kappa shape index (κ3) is 9.00. The zero-order chi connectivity index (χ0) is 16.9. The highest BCUT2D eigenvalue weighted by atomic mass is 35.5. The molecule has 1 atom stereocenters. The molecule has 23 heavy (non-hydrogen) atoms. The summed E-state index contributed by atoms with van der Waals surface area (Å²) < 4.78 is 37.0. The van der Waals surface area contributed by atoms with Crippen LogP contribution in [-0.2, 0) is 9.59 Å². The van der Waals surface area contributed by atoms with Gasteiger partial charge < -0.3 is 16.0 Å². The van der Waals surface area contributed by atoms with Crippen molar-refractivity contribution in [3.05, 3.63) is 0 Å². The topological polar surface area (TPSA) is 75.4 Å². The van der Waals surface area contributed by atoms with Gasteiger partial charge >= 0.3 is 6.18 Å². The fourth-order valence-electron chi connectivity index (χ4n) is 1.89. The molecule has 5 nitrogen and oxygen atoms in total. The molecule has 2 amide bonds. The number of rotatable bonds is 8. The van der Waals surface area contributed by atoms with Gasteiger partial charge in [-0.3, -0.25) is 9.59 Å². The van der Waals surface area contributed by atoms with E-state index in [2.05, 4.69) is 5.32 Å². The Hall–Kier alpha value is -1.02. The van der Waals surface area contributed by atoms with Crippen LogP contribution in [0.4, 0.5) is 13.2 Å². The van der Waals surface area contributed by atoms with Gasteiger partial charge in [0.25, 0.3) is 0 Å². The summed E-state index contributed by atoms with van der Waals surface area (Å²) in [6.07, 6.45) is -3.48. The van der Waals surface area contributed by atoms with Gasteiger partial charge in [0.2, 0.25) is 11.8 Å². The molecule has 9 heteroatoms. The van der Waals surface area contributed by atoms with Crippen molar-refractivity contribution in [3.8, 4) is 0 Å². The Bertz CT molecular complexity index is 401. The van der Waals surface area contributed by atoms with Gasteiger partial charge in [-0.1, -0.05) is 13.8 Å². The molecule has 1 aliphatic carbocycles. The van der Waals surface area contributed by atoms with E-state index in [4.69, 9.17) is 5.73 Å². The Kier molecular flexibility index (Phi) is 8.90. The second-order valence-electron chi connectivity index (χ2n) is 6.14. The molecule has 1 saturated carbocycles. The highest BCUT2D eigenvalue weighted by Gasteiger charge is 2.32. The molecule has 0 aromatic carbocycles. The maximum atomic E-state index is 12.3. The fraction of sp³-hybridized carbons (Fsp3) is 0.857. The minimum absolute atomic E-state index is 0. The van der Waals surface area contributed by atoms with Crippen molar-refractivity contribution in [3.63, 3.8) is 0 Å². The number of nitrogens with two attached hydrogens (primary N) is 1. The first-order valence-electron chi connectivity index (χ1n) is 7.48. The third-order valence-electron chi connectivity index (χ3n) is 3.63. The summed E-state index contributed by atoms with van der Waals surface area (Å²) in [5.41, 5.74) is 5.64. The van der Waals surface area contributed by atoms with Crippen LogP contribution >= 0.6 is 12.4 Å². The number of carbonyl (C=O) groups is 2.